The standard InChI is InChI=1S/C16H18N2O3/c1-12(16(20)21)11-17(2)15(19)13-6-5-7-14(10-13)18-8-3-4-9-18/h3-10,12H,11H2,1-2H3,(H,20,21). The van der Waals surface area contributed by atoms with Crippen LogP contribution >= 0.6 is 0 Å². The molecule has 1 atom stereocenters. The van der Waals surface area contributed by atoms with E-state index in [4.69, 9.17) is 5.11 Å². The van der Waals surface area contributed by atoms with Gasteiger partial charge >= 0.3 is 5.97 Å². The molecule has 0 fully saturated rings. The number of carboxylic acids is 1. The lowest BCUT2D eigenvalue weighted by Gasteiger charge is -2.19. The average Bonchev–Trinajstić information content (AvgIpc) is 3.00. The molecule has 0 bridgehead atoms. The molecule has 1 amide bonds. The summed E-state index contributed by atoms with van der Waals surface area (Å²) < 4.78 is 1.91. The van der Waals surface area contributed by atoms with Crippen molar-refractivity contribution >= 4 is 11.9 Å². The van der Waals surface area contributed by atoms with Crippen molar-refractivity contribution in [2.45, 2.75) is 6.92 Å². The monoisotopic (exact) mass is 286 g/mol. The minimum absolute atomic E-state index is 0.182. The first-order chi connectivity index (χ1) is 9.99. The lowest BCUT2D eigenvalue weighted by Crippen LogP contribution is -2.33. The number of hydrogen-bond acceptors (Lipinski definition) is 2. The average molecular weight is 286 g/mol. The van der Waals surface area contributed by atoms with Crippen LogP contribution in [0.3, 0.4) is 0 Å². The first-order valence-corrected chi connectivity index (χ1v) is 6.70. The Labute approximate surface area is 123 Å². The van der Waals surface area contributed by atoms with Crippen LogP contribution < -0.4 is 0 Å². The first-order valence-electron chi connectivity index (χ1n) is 6.70. The maximum absolute atomic E-state index is 12.3. The summed E-state index contributed by atoms with van der Waals surface area (Å²) in [6.45, 7) is 1.77. The van der Waals surface area contributed by atoms with E-state index in [-0.39, 0.29) is 12.5 Å². The SMILES string of the molecule is CC(CN(C)C(=O)c1cccc(-n2cccc2)c1)C(=O)O. The molecule has 0 saturated heterocycles. The van der Waals surface area contributed by atoms with Gasteiger partial charge in [-0.05, 0) is 30.3 Å². The van der Waals surface area contributed by atoms with Crippen molar-refractivity contribution in [1.82, 2.24) is 9.47 Å². The summed E-state index contributed by atoms with van der Waals surface area (Å²) in [5.41, 5.74) is 1.44. The topological polar surface area (TPSA) is 62.5 Å². The molecular weight excluding hydrogens is 268 g/mol. The molecule has 0 aliphatic heterocycles. The molecule has 0 spiro atoms. The highest BCUT2D eigenvalue weighted by Crippen LogP contribution is 2.13. The number of carbonyl (C=O) groups is 2. The van der Waals surface area contributed by atoms with Crippen LogP contribution in [0.5, 0.6) is 0 Å². The molecule has 2 rings (SSSR count). The van der Waals surface area contributed by atoms with Crippen LogP contribution in [0.1, 0.15) is 17.3 Å². The predicted molar refractivity (Wildman–Crippen MR) is 79.5 cm³/mol. The van der Waals surface area contributed by atoms with Gasteiger partial charge in [-0.3, -0.25) is 9.59 Å². The van der Waals surface area contributed by atoms with E-state index >= 15 is 0 Å². The molecule has 0 aliphatic carbocycles. The zero-order valence-corrected chi connectivity index (χ0v) is 12.1. The highest BCUT2D eigenvalue weighted by molar-refractivity contribution is 5.94. The number of rotatable bonds is 5. The third-order valence-electron chi connectivity index (χ3n) is 3.31. The molecule has 1 unspecified atom stereocenters. The van der Waals surface area contributed by atoms with Crippen LogP contribution in [0.15, 0.2) is 48.8 Å². The van der Waals surface area contributed by atoms with E-state index in [1.807, 2.05) is 41.2 Å². The van der Waals surface area contributed by atoms with Crippen LogP contribution in [0.4, 0.5) is 0 Å². The maximum atomic E-state index is 12.3. The third-order valence-corrected chi connectivity index (χ3v) is 3.31. The fourth-order valence-electron chi connectivity index (χ4n) is 2.10. The Morgan fingerprint density at radius 2 is 1.90 bits per heavy atom. The number of carboxylic acid groups (broad SMARTS) is 1. The summed E-state index contributed by atoms with van der Waals surface area (Å²) in [6.07, 6.45) is 3.81. The highest BCUT2D eigenvalue weighted by atomic mass is 16.4. The fraction of sp³-hybridized carbons (Fsp3) is 0.250. The predicted octanol–water partition coefficient (Wildman–Crippen LogP) is 2.27. The van der Waals surface area contributed by atoms with Crippen LogP contribution in [0, 0.1) is 5.92 Å². The number of aromatic nitrogens is 1. The van der Waals surface area contributed by atoms with Crippen molar-refractivity contribution in [3.8, 4) is 5.69 Å². The van der Waals surface area contributed by atoms with Crippen molar-refractivity contribution in [3.63, 3.8) is 0 Å². The second kappa shape index (κ2) is 6.26. The van der Waals surface area contributed by atoms with Crippen LogP contribution in [-0.4, -0.2) is 40.0 Å². The van der Waals surface area contributed by atoms with E-state index in [1.54, 1.807) is 26.1 Å². The zero-order chi connectivity index (χ0) is 15.4. The van der Waals surface area contributed by atoms with Gasteiger partial charge in [-0.1, -0.05) is 13.0 Å². The minimum atomic E-state index is -0.907. The summed E-state index contributed by atoms with van der Waals surface area (Å²) in [5.74, 6) is -1.68. The molecular formula is C16H18N2O3. The number of benzene rings is 1. The third kappa shape index (κ3) is 3.51. The molecule has 0 radical (unpaired) electrons. The number of aliphatic carboxylic acids is 1. The normalized spacial score (nSPS) is 11.9. The van der Waals surface area contributed by atoms with E-state index in [2.05, 4.69) is 0 Å². The minimum Gasteiger partial charge on any atom is -0.481 e. The lowest BCUT2D eigenvalue weighted by molar-refractivity contribution is -0.141. The van der Waals surface area contributed by atoms with E-state index in [0.29, 0.717) is 5.56 Å². The molecule has 110 valence electrons. The Hall–Kier alpha value is -2.56. The zero-order valence-electron chi connectivity index (χ0n) is 12.1. The van der Waals surface area contributed by atoms with Crippen LogP contribution in [0.25, 0.3) is 5.69 Å². The van der Waals surface area contributed by atoms with Gasteiger partial charge in [0.25, 0.3) is 5.91 Å². The quantitative estimate of drug-likeness (QED) is 0.917. The Bertz CT molecular complexity index is 635. The molecule has 0 aliphatic rings. The molecule has 5 nitrogen and oxygen atoms in total. The highest BCUT2D eigenvalue weighted by Gasteiger charge is 2.18. The van der Waals surface area contributed by atoms with Crippen LogP contribution in [-0.2, 0) is 4.79 Å². The van der Waals surface area contributed by atoms with Gasteiger partial charge in [-0.15, -0.1) is 0 Å². The lowest BCUT2D eigenvalue weighted by atomic mass is 10.1. The van der Waals surface area contributed by atoms with Gasteiger partial charge in [0.05, 0.1) is 5.92 Å². The number of amides is 1. The van der Waals surface area contributed by atoms with E-state index in [0.717, 1.165) is 5.69 Å². The second-order valence-electron chi connectivity index (χ2n) is 5.07. The van der Waals surface area contributed by atoms with E-state index in [1.165, 1.54) is 4.90 Å². The van der Waals surface area contributed by atoms with Gasteiger partial charge in [-0.2, -0.15) is 0 Å². The molecule has 1 aromatic carbocycles. The Kier molecular flexibility index (Phi) is 4.42. The summed E-state index contributed by atoms with van der Waals surface area (Å²) in [4.78, 5) is 24.6. The molecule has 0 saturated carbocycles. The molecule has 2 aromatic rings. The Morgan fingerprint density at radius 3 is 2.52 bits per heavy atom. The molecule has 1 N–H and O–H groups in total. The molecule has 1 heterocycles. The number of hydrogen-bond donors (Lipinski definition) is 1. The van der Waals surface area contributed by atoms with Gasteiger partial charge in [0.15, 0.2) is 0 Å². The Morgan fingerprint density at radius 1 is 1.24 bits per heavy atom. The number of carbonyl (C=O) groups excluding carboxylic acids is 1. The Balaban J connectivity index is 2.16. The van der Waals surface area contributed by atoms with Crippen LogP contribution in [0.2, 0.25) is 0 Å². The van der Waals surface area contributed by atoms with Crippen molar-refractivity contribution in [1.29, 1.82) is 0 Å². The van der Waals surface area contributed by atoms with Gasteiger partial charge in [0.2, 0.25) is 0 Å². The number of nitrogens with zero attached hydrogens (tertiary/aromatic N) is 2. The molecule has 21 heavy (non-hydrogen) atoms. The molecule has 1 aromatic heterocycles. The fourth-order valence-corrected chi connectivity index (χ4v) is 2.10. The molecule has 5 heteroatoms. The summed E-state index contributed by atoms with van der Waals surface area (Å²) in [6, 6.07) is 11.1. The first kappa shape index (κ1) is 14.8. The maximum Gasteiger partial charge on any atom is 0.308 e. The smallest absolute Gasteiger partial charge is 0.308 e. The summed E-state index contributed by atoms with van der Waals surface area (Å²) in [5, 5.41) is 8.91. The van der Waals surface area contributed by atoms with Gasteiger partial charge in [0, 0.05) is 37.2 Å². The summed E-state index contributed by atoms with van der Waals surface area (Å²) >= 11 is 0. The van der Waals surface area contributed by atoms with Gasteiger partial charge < -0.3 is 14.6 Å². The van der Waals surface area contributed by atoms with Gasteiger partial charge in [0.1, 0.15) is 0 Å². The summed E-state index contributed by atoms with van der Waals surface area (Å²) in [7, 11) is 1.62. The van der Waals surface area contributed by atoms with Gasteiger partial charge in [-0.25, -0.2) is 0 Å². The van der Waals surface area contributed by atoms with E-state index < -0.39 is 11.9 Å². The van der Waals surface area contributed by atoms with Crippen molar-refractivity contribution in [2.24, 2.45) is 5.92 Å². The van der Waals surface area contributed by atoms with Crippen molar-refractivity contribution < 1.29 is 14.7 Å². The largest absolute Gasteiger partial charge is 0.481 e. The van der Waals surface area contributed by atoms with E-state index in [9.17, 15) is 9.59 Å². The second-order valence-corrected chi connectivity index (χ2v) is 5.07. The van der Waals surface area contributed by atoms with Crippen molar-refractivity contribution in [2.75, 3.05) is 13.6 Å². The van der Waals surface area contributed by atoms with Crippen molar-refractivity contribution in [3.05, 3.63) is 54.4 Å².